The summed E-state index contributed by atoms with van der Waals surface area (Å²) in [6.45, 7) is 3.02. The molecule has 1 aromatic rings. The van der Waals surface area contributed by atoms with Crippen molar-refractivity contribution in [3.05, 3.63) is 48.3 Å². The molecule has 0 radical (unpaired) electrons. The molecular weight excluding hydrogens is 361 g/mol. The average molecular weight is 382 g/mol. The van der Waals surface area contributed by atoms with Gasteiger partial charge in [-0.3, -0.25) is 4.79 Å². The van der Waals surface area contributed by atoms with Crippen LogP contribution in [0.3, 0.4) is 0 Å². The van der Waals surface area contributed by atoms with Crippen molar-refractivity contribution in [2.24, 2.45) is 0 Å². The number of hydrogen-bond donors (Lipinski definition) is 3. The van der Waals surface area contributed by atoms with Crippen LogP contribution in [0, 0.1) is 5.82 Å². The van der Waals surface area contributed by atoms with Crippen LogP contribution in [-0.2, 0) is 16.0 Å². The smallest absolute Gasteiger partial charge is 0.447 e. The molecule has 1 saturated heterocycles. The fraction of sp³-hybridized carbons (Fsp3) is 0.412. The van der Waals surface area contributed by atoms with Crippen LogP contribution < -0.4 is 5.32 Å². The van der Waals surface area contributed by atoms with Crippen LogP contribution in [0.15, 0.2) is 36.9 Å². The Labute approximate surface area is 155 Å². The Balaban J connectivity index is 1.89. The van der Waals surface area contributed by atoms with Gasteiger partial charge in [0.1, 0.15) is 18.6 Å². The maximum absolute atomic E-state index is 13.6. The quantitative estimate of drug-likeness (QED) is 0.474. The van der Waals surface area contributed by atoms with Gasteiger partial charge in [0.05, 0.1) is 18.5 Å². The molecule has 0 bridgehead atoms. The van der Waals surface area contributed by atoms with Crippen molar-refractivity contribution < 1.29 is 33.2 Å². The highest BCUT2D eigenvalue weighted by Gasteiger charge is 2.35. The highest BCUT2D eigenvalue weighted by molar-refractivity contribution is 6.43. The monoisotopic (exact) mass is 382 g/mol. The minimum atomic E-state index is -1.87. The molecule has 7 nitrogen and oxygen atoms in total. The summed E-state index contributed by atoms with van der Waals surface area (Å²) in [6.07, 6.45) is -1.02. The number of nitrogens with one attached hydrogen (secondary N) is 1. The summed E-state index contributed by atoms with van der Waals surface area (Å²) in [5, 5.41) is 21.2. The van der Waals surface area contributed by atoms with Crippen molar-refractivity contribution in [1.82, 2.24) is 10.2 Å². The predicted molar refractivity (Wildman–Crippen MR) is 93.8 cm³/mol. The van der Waals surface area contributed by atoms with Crippen molar-refractivity contribution >= 4 is 19.1 Å². The number of nitrogens with zero attached hydrogens (tertiary/aromatic N) is 1. The summed E-state index contributed by atoms with van der Waals surface area (Å²) in [5.74, 6) is -1.98. The second-order valence-electron chi connectivity index (χ2n) is 6.28. The summed E-state index contributed by atoms with van der Waals surface area (Å²) in [5.41, 5.74) is 0.577. The Hall–Kier alpha value is -2.46. The van der Waals surface area contributed by atoms with Gasteiger partial charge in [0.15, 0.2) is 0 Å². The molecule has 0 spiro atoms. The van der Waals surface area contributed by atoms with E-state index in [4.69, 9.17) is 4.74 Å². The number of benzene rings is 1. The Morgan fingerprint density at radius 3 is 2.67 bits per heavy atom. The molecule has 1 heterocycles. The zero-order valence-electron chi connectivity index (χ0n) is 14.6. The molecule has 1 aliphatic heterocycles. The van der Waals surface area contributed by atoms with Gasteiger partial charge in [-0.05, 0) is 30.2 Å². The number of halogens is 2. The maximum Gasteiger partial charge on any atom is 0.475 e. The van der Waals surface area contributed by atoms with E-state index in [9.17, 15) is 28.4 Å². The van der Waals surface area contributed by atoms with Gasteiger partial charge in [-0.1, -0.05) is 18.7 Å². The summed E-state index contributed by atoms with van der Waals surface area (Å²) < 4.78 is 31.5. The van der Waals surface area contributed by atoms with E-state index in [1.165, 1.54) is 29.2 Å². The van der Waals surface area contributed by atoms with E-state index < -0.39 is 43.1 Å². The number of carbonyl (C=O) groups is 2. The molecule has 2 amide bonds. The largest absolute Gasteiger partial charge is 0.475 e. The zero-order valence-corrected chi connectivity index (χ0v) is 14.6. The van der Waals surface area contributed by atoms with E-state index in [-0.39, 0.29) is 26.0 Å². The second kappa shape index (κ2) is 9.47. The number of alkyl halides is 1. The Kier molecular flexibility index (Phi) is 7.32. The minimum Gasteiger partial charge on any atom is -0.447 e. The Morgan fingerprint density at radius 1 is 1.41 bits per heavy atom. The minimum absolute atomic E-state index is 0.0318. The molecule has 146 valence electrons. The Morgan fingerprint density at radius 2 is 2.07 bits per heavy atom. The van der Waals surface area contributed by atoms with Crippen molar-refractivity contribution in [3.8, 4) is 0 Å². The fourth-order valence-electron chi connectivity index (χ4n) is 2.88. The lowest BCUT2D eigenvalue weighted by Crippen LogP contribution is -2.48. The molecule has 0 saturated carbocycles. The van der Waals surface area contributed by atoms with E-state index in [0.29, 0.717) is 5.56 Å². The van der Waals surface area contributed by atoms with Crippen molar-refractivity contribution in [2.45, 2.75) is 31.0 Å². The van der Waals surface area contributed by atoms with E-state index in [1.807, 2.05) is 0 Å². The lowest BCUT2D eigenvalue weighted by Gasteiger charge is -2.23. The number of likely N-dealkylation sites (tertiary alicyclic amines) is 1. The fourth-order valence-corrected chi connectivity index (χ4v) is 2.88. The summed E-state index contributed by atoms with van der Waals surface area (Å²) >= 11 is 0. The van der Waals surface area contributed by atoms with Crippen LogP contribution >= 0.6 is 0 Å². The first-order chi connectivity index (χ1) is 12.8. The highest BCUT2D eigenvalue weighted by Crippen LogP contribution is 2.21. The van der Waals surface area contributed by atoms with Crippen LogP contribution in [0.25, 0.3) is 0 Å². The highest BCUT2D eigenvalue weighted by atomic mass is 19.1. The molecule has 1 aliphatic rings. The molecule has 27 heavy (non-hydrogen) atoms. The van der Waals surface area contributed by atoms with E-state index in [1.54, 1.807) is 0 Å². The number of hydrogen-bond acceptors (Lipinski definition) is 5. The van der Waals surface area contributed by atoms with Gasteiger partial charge in [-0.25, -0.2) is 13.6 Å². The third kappa shape index (κ3) is 6.04. The van der Waals surface area contributed by atoms with Gasteiger partial charge in [-0.15, -0.1) is 0 Å². The predicted octanol–water partition coefficient (Wildman–Crippen LogP) is 0.600. The topological polar surface area (TPSA) is 99.1 Å². The molecule has 1 fully saturated rings. The molecule has 0 aromatic heterocycles. The number of amides is 2. The number of ether oxygens (including phenoxy) is 1. The summed E-state index contributed by atoms with van der Waals surface area (Å²) in [6, 6.07) is 4.72. The van der Waals surface area contributed by atoms with Gasteiger partial charge in [-0.2, -0.15) is 0 Å². The number of alkyl carbamates (subject to hydrolysis) is 1. The molecular formula is C17H21BF2N2O5. The molecule has 0 unspecified atom stereocenters. The van der Waals surface area contributed by atoms with E-state index in [0.717, 1.165) is 6.08 Å². The van der Waals surface area contributed by atoms with Gasteiger partial charge < -0.3 is 25.0 Å². The molecule has 1 aromatic carbocycles. The molecule has 3 N–H and O–H groups in total. The molecule has 3 atom stereocenters. The average Bonchev–Trinajstić information content (AvgIpc) is 3.01. The zero-order chi connectivity index (χ0) is 20.0. The van der Waals surface area contributed by atoms with Crippen molar-refractivity contribution in [3.63, 3.8) is 0 Å². The van der Waals surface area contributed by atoms with E-state index in [2.05, 4.69) is 11.9 Å². The lowest BCUT2D eigenvalue weighted by atomic mass is 9.76. The van der Waals surface area contributed by atoms with E-state index >= 15 is 0 Å². The number of rotatable bonds is 7. The molecule has 10 heteroatoms. The van der Waals surface area contributed by atoms with Gasteiger partial charge in [0.2, 0.25) is 5.91 Å². The van der Waals surface area contributed by atoms with Crippen LogP contribution in [0.4, 0.5) is 13.6 Å². The number of carbonyl (C=O) groups excluding carboxylic acids is 2. The SMILES string of the molecule is C=CC(=O)N1C[C@@H](F)C[C@@H]1COC(=O)N[C@@H](Cc1ccc(F)cc1)B(O)O. The van der Waals surface area contributed by atoms with Gasteiger partial charge in [0.25, 0.3) is 0 Å². The van der Waals surface area contributed by atoms with Crippen LogP contribution in [0.2, 0.25) is 0 Å². The third-order valence-electron chi connectivity index (χ3n) is 4.26. The standard InChI is InChI=1S/C17H21BF2N2O5/c1-2-16(23)22-9-13(20)8-14(22)10-27-17(24)21-15(18(25)26)7-11-3-5-12(19)6-4-11/h2-6,13-15,25-26H,1,7-10H2,(H,21,24)/t13-,14+,15-/m0/s1. The van der Waals surface area contributed by atoms with Crippen LogP contribution in [0.5, 0.6) is 0 Å². The maximum atomic E-state index is 13.6. The van der Waals surface area contributed by atoms with Crippen LogP contribution in [-0.4, -0.2) is 65.4 Å². The van der Waals surface area contributed by atoms with Crippen molar-refractivity contribution in [2.75, 3.05) is 13.2 Å². The molecule has 2 rings (SSSR count). The first-order valence-corrected chi connectivity index (χ1v) is 8.41. The summed E-state index contributed by atoms with van der Waals surface area (Å²) in [4.78, 5) is 24.9. The normalized spacial score (nSPS) is 20.1. The summed E-state index contributed by atoms with van der Waals surface area (Å²) in [7, 11) is -1.87. The van der Waals surface area contributed by atoms with Gasteiger partial charge >= 0.3 is 13.2 Å². The lowest BCUT2D eigenvalue weighted by molar-refractivity contribution is -0.127. The second-order valence-corrected chi connectivity index (χ2v) is 6.28. The third-order valence-corrected chi connectivity index (χ3v) is 4.26. The molecule has 0 aliphatic carbocycles. The van der Waals surface area contributed by atoms with Crippen molar-refractivity contribution in [1.29, 1.82) is 0 Å². The van der Waals surface area contributed by atoms with Crippen LogP contribution in [0.1, 0.15) is 12.0 Å². The van der Waals surface area contributed by atoms with Gasteiger partial charge in [0, 0.05) is 6.42 Å². The first-order valence-electron chi connectivity index (χ1n) is 8.41. The Bertz CT molecular complexity index is 674. The first kappa shape index (κ1) is 20.9.